The Morgan fingerprint density at radius 2 is 1.77 bits per heavy atom. The minimum atomic E-state index is -0.0147. The molecule has 30 heavy (non-hydrogen) atoms. The molecule has 0 unspecified atom stereocenters. The molecule has 0 atom stereocenters. The van der Waals surface area contributed by atoms with Crippen molar-refractivity contribution >= 4 is 22.4 Å². The third-order valence-electron chi connectivity index (χ3n) is 4.83. The summed E-state index contributed by atoms with van der Waals surface area (Å²) in [4.78, 5) is 16.9. The normalized spacial score (nSPS) is 11.3. The first-order valence-corrected chi connectivity index (χ1v) is 11.3. The molecule has 4 nitrogen and oxygen atoms in total. The maximum Gasteiger partial charge on any atom is 0.226 e. The molecule has 1 amide bonds. The van der Waals surface area contributed by atoms with Gasteiger partial charge in [-0.25, -0.2) is 4.98 Å². The fourth-order valence-corrected chi connectivity index (χ4v) is 3.75. The van der Waals surface area contributed by atoms with Crippen molar-refractivity contribution in [3.05, 3.63) is 65.0 Å². The van der Waals surface area contributed by atoms with Gasteiger partial charge in [0.25, 0.3) is 0 Å². The van der Waals surface area contributed by atoms with E-state index in [9.17, 15) is 4.79 Å². The molecule has 0 saturated heterocycles. The Bertz CT molecular complexity index is 954. The van der Waals surface area contributed by atoms with Crippen molar-refractivity contribution in [3.8, 4) is 17.0 Å². The van der Waals surface area contributed by atoms with Gasteiger partial charge < -0.3 is 10.1 Å². The van der Waals surface area contributed by atoms with Gasteiger partial charge in [-0.3, -0.25) is 4.79 Å². The lowest BCUT2D eigenvalue weighted by Crippen LogP contribution is -2.13. The molecule has 0 bridgehead atoms. The average molecular weight is 423 g/mol. The summed E-state index contributed by atoms with van der Waals surface area (Å²) >= 11 is 1.44. The van der Waals surface area contributed by atoms with Crippen molar-refractivity contribution in [2.75, 3.05) is 11.9 Å². The molecule has 3 rings (SSSR count). The Kier molecular flexibility index (Phi) is 7.27. The minimum absolute atomic E-state index is 0.0147. The number of anilines is 1. The zero-order valence-electron chi connectivity index (χ0n) is 18.2. The number of amides is 1. The number of nitrogens with zero attached hydrogens (tertiary/aromatic N) is 1. The number of hydrogen-bond donors (Lipinski definition) is 1. The maximum absolute atomic E-state index is 12.3. The number of carbonyl (C=O) groups excluding carboxylic acids is 1. The first-order valence-electron chi connectivity index (χ1n) is 10.4. The smallest absolute Gasteiger partial charge is 0.226 e. The summed E-state index contributed by atoms with van der Waals surface area (Å²) in [6.07, 6.45) is 2.14. The van der Waals surface area contributed by atoms with Crippen LogP contribution in [0.4, 0.5) is 5.13 Å². The molecule has 2 aromatic carbocycles. The predicted molar refractivity (Wildman–Crippen MR) is 125 cm³/mol. The van der Waals surface area contributed by atoms with Gasteiger partial charge in [-0.15, -0.1) is 11.3 Å². The first kappa shape index (κ1) is 22.0. The Morgan fingerprint density at radius 3 is 2.40 bits per heavy atom. The lowest BCUT2D eigenvalue weighted by atomic mass is 9.86. The zero-order chi connectivity index (χ0) is 21.6. The number of aromatic nitrogens is 1. The second-order valence-corrected chi connectivity index (χ2v) is 9.26. The zero-order valence-corrected chi connectivity index (χ0v) is 19.0. The molecule has 0 fully saturated rings. The summed E-state index contributed by atoms with van der Waals surface area (Å²) in [5, 5.41) is 5.51. The number of nitrogens with one attached hydrogen (secondary N) is 1. The third-order valence-corrected chi connectivity index (χ3v) is 5.59. The van der Waals surface area contributed by atoms with Gasteiger partial charge in [0.1, 0.15) is 5.75 Å². The molecule has 158 valence electrons. The van der Waals surface area contributed by atoms with Crippen molar-refractivity contribution in [2.45, 2.75) is 52.4 Å². The molecule has 3 aromatic rings. The lowest BCUT2D eigenvalue weighted by Gasteiger charge is -2.19. The van der Waals surface area contributed by atoms with Gasteiger partial charge in [-0.2, -0.15) is 0 Å². The number of carbonyl (C=O) groups is 1. The number of ether oxygens (including phenoxy) is 1. The fourth-order valence-electron chi connectivity index (χ4n) is 3.02. The van der Waals surface area contributed by atoms with E-state index in [0.29, 0.717) is 24.6 Å². The van der Waals surface area contributed by atoms with Crippen LogP contribution in [0.3, 0.4) is 0 Å². The highest BCUT2D eigenvalue weighted by Gasteiger charge is 2.13. The van der Waals surface area contributed by atoms with E-state index in [4.69, 9.17) is 4.74 Å². The molecule has 0 aliphatic heterocycles. The van der Waals surface area contributed by atoms with Crippen LogP contribution in [0.2, 0.25) is 0 Å². The summed E-state index contributed by atoms with van der Waals surface area (Å²) in [5.74, 6) is 0.846. The van der Waals surface area contributed by atoms with Crippen molar-refractivity contribution in [2.24, 2.45) is 0 Å². The van der Waals surface area contributed by atoms with Crippen molar-refractivity contribution < 1.29 is 9.53 Å². The predicted octanol–water partition coefficient (Wildman–Crippen LogP) is 6.47. The second-order valence-electron chi connectivity index (χ2n) is 8.41. The minimum Gasteiger partial charge on any atom is -0.494 e. The summed E-state index contributed by atoms with van der Waals surface area (Å²) in [6, 6.07) is 16.4. The molecular formula is C25H30N2O2S. The van der Waals surface area contributed by atoms with E-state index in [1.807, 2.05) is 29.6 Å². The number of thiazole rings is 1. The maximum atomic E-state index is 12.3. The van der Waals surface area contributed by atoms with E-state index in [-0.39, 0.29) is 11.3 Å². The number of rotatable bonds is 8. The summed E-state index contributed by atoms with van der Waals surface area (Å²) in [6.45, 7) is 9.40. The van der Waals surface area contributed by atoms with Crippen LogP contribution >= 0.6 is 11.3 Å². The van der Waals surface area contributed by atoms with Gasteiger partial charge in [0, 0.05) is 17.4 Å². The van der Waals surface area contributed by atoms with Gasteiger partial charge >= 0.3 is 0 Å². The highest BCUT2D eigenvalue weighted by atomic mass is 32.1. The van der Waals surface area contributed by atoms with Crippen LogP contribution in [0.5, 0.6) is 5.75 Å². The molecule has 0 radical (unpaired) electrons. The van der Waals surface area contributed by atoms with E-state index < -0.39 is 0 Å². The van der Waals surface area contributed by atoms with Gasteiger partial charge in [0.05, 0.1) is 12.3 Å². The molecule has 0 spiro atoms. The Labute approximate surface area is 183 Å². The SMILES string of the molecule is CCCOc1ccc(-c2csc(NC(=O)CCc3ccc(C(C)(C)C)cc3)n2)cc1. The van der Waals surface area contributed by atoms with Gasteiger partial charge in [0.2, 0.25) is 5.91 Å². The third kappa shape index (κ3) is 6.17. The van der Waals surface area contributed by atoms with Crippen LogP contribution in [0, 0.1) is 0 Å². The molecule has 1 heterocycles. The molecule has 0 aliphatic carbocycles. The van der Waals surface area contributed by atoms with Crippen LogP contribution in [0.15, 0.2) is 53.9 Å². The highest BCUT2D eigenvalue weighted by Crippen LogP contribution is 2.27. The monoisotopic (exact) mass is 422 g/mol. The molecule has 5 heteroatoms. The largest absolute Gasteiger partial charge is 0.494 e. The second kappa shape index (κ2) is 9.90. The number of aryl methyl sites for hydroxylation is 1. The van der Waals surface area contributed by atoms with E-state index in [0.717, 1.165) is 23.4 Å². The first-order chi connectivity index (χ1) is 14.3. The summed E-state index contributed by atoms with van der Waals surface area (Å²) in [5.41, 5.74) is 4.48. The lowest BCUT2D eigenvalue weighted by molar-refractivity contribution is -0.116. The quantitative estimate of drug-likeness (QED) is 0.453. The Hall–Kier alpha value is -2.66. The molecule has 1 N–H and O–H groups in total. The van der Waals surface area contributed by atoms with E-state index in [1.54, 1.807) is 0 Å². The topological polar surface area (TPSA) is 51.2 Å². The van der Waals surface area contributed by atoms with Crippen LogP contribution in [0.25, 0.3) is 11.3 Å². The molecule has 0 saturated carbocycles. The van der Waals surface area contributed by atoms with Crippen LogP contribution in [-0.2, 0) is 16.6 Å². The van der Waals surface area contributed by atoms with Crippen molar-refractivity contribution in [1.29, 1.82) is 0 Å². The summed E-state index contributed by atoms with van der Waals surface area (Å²) in [7, 11) is 0. The summed E-state index contributed by atoms with van der Waals surface area (Å²) < 4.78 is 5.62. The standard InChI is InChI=1S/C25H30N2O2S/c1-5-16-29-21-13-9-19(10-14-21)22-17-30-24(26-22)27-23(28)15-8-18-6-11-20(12-7-18)25(2,3)4/h6-7,9-14,17H,5,8,15-16H2,1-4H3,(H,26,27,28). The number of benzene rings is 2. The van der Waals surface area contributed by atoms with E-state index >= 15 is 0 Å². The van der Waals surface area contributed by atoms with Crippen molar-refractivity contribution in [3.63, 3.8) is 0 Å². The van der Waals surface area contributed by atoms with Gasteiger partial charge in [-0.05, 0) is 53.6 Å². The molecule has 0 aliphatic rings. The Balaban J connectivity index is 1.52. The van der Waals surface area contributed by atoms with E-state index in [1.165, 1.54) is 22.5 Å². The van der Waals surface area contributed by atoms with Crippen molar-refractivity contribution in [1.82, 2.24) is 4.98 Å². The highest BCUT2D eigenvalue weighted by molar-refractivity contribution is 7.14. The number of hydrogen-bond acceptors (Lipinski definition) is 4. The fraction of sp³-hybridized carbons (Fsp3) is 0.360. The van der Waals surface area contributed by atoms with Crippen LogP contribution in [-0.4, -0.2) is 17.5 Å². The van der Waals surface area contributed by atoms with Gasteiger partial charge in [-0.1, -0.05) is 52.0 Å². The Morgan fingerprint density at radius 1 is 1.07 bits per heavy atom. The molecule has 1 aromatic heterocycles. The van der Waals surface area contributed by atoms with Crippen LogP contribution < -0.4 is 10.1 Å². The average Bonchev–Trinajstić information content (AvgIpc) is 3.19. The van der Waals surface area contributed by atoms with E-state index in [2.05, 4.69) is 62.3 Å². The van der Waals surface area contributed by atoms with Gasteiger partial charge in [0.15, 0.2) is 5.13 Å². The van der Waals surface area contributed by atoms with Crippen LogP contribution in [0.1, 0.15) is 51.7 Å². The molecular weight excluding hydrogens is 392 g/mol.